The van der Waals surface area contributed by atoms with E-state index in [0.29, 0.717) is 18.8 Å². The molecule has 0 unspecified atom stereocenters. The third-order valence-electron chi connectivity index (χ3n) is 4.91. The molecule has 0 radical (unpaired) electrons. The van der Waals surface area contributed by atoms with Gasteiger partial charge >= 0.3 is 0 Å². The van der Waals surface area contributed by atoms with Gasteiger partial charge in [-0.15, -0.1) is 0 Å². The molecule has 0 fully saturated rings. The van der Waals surface area contributed by atoms with Crippen molar-refractivity contribution in [3.05, 3.63) is 59.2 Å². The van der Waals surface area contributed by atoms with Crippen molar-refractivity contribution in [2.24, 2.45) is 4.99 Å². The molecule has 2 heterocycles. The molecular formula is C22H29N5O2. The van der Waals surface area contributed by atoms with Gasteiger partial charge in [-0.1, -0.05) is 12.1 Å². The number of aromatic amines is 1. The maximum absolute atomic E-state index is 12.0. The van der Waals surface area contributed by atoms with E-state index in [1.165, 1.54) is 28.3 Å². The minimum Gasteiger partial charge on any atom is -0.459 e. The highest BCUT2D eigenvalue weighted by Crippen LogP contribution is 2.22. The minimum atomic E-state index is -0.177. The normalized spacial score (nSPS) is 11.6. The number of rotatable bonds is 8. The van der Waals surface area contributed by atoms with E-state index in [-0.39, 0.29) is 5.91 Å². The number of aliphatic imine (C=N–C) groups is 1. The van der Waals surface area contributed by atoms with Crippen LogP contribution in [0.4, 0.5) is 0 Å². The maximum atomic E-state index is 12.0. The monoisotopic (exact) mass is 395 g/mol. The summed E-state index contributed by atoms with van der Waals surface area (Å²) in [7, 11) is 1.76. The summed E-state index contributed by atoms with van der Waals surface area (Å²) < 4.78 is 5.19. The summed E-state index contributed by atoms with van der Waals surface area (Å²) in [4.78, 5) is 19.6. The van der Waals surface area contributed by atoms with Crippen molar-refractivity contribution in [1.29, 1.82) is 0 Å². The van der Waals surface area contributed by atoms with Crippen LogP contribution >= 0.6 is 0 Å². The Morgan fingerprint density at radius 1 is 1.07 bits per heavy atom. The average Bonchev–Trinajstić information content (AvgIpc) is 3.33. The standard InChI is InChI=1S/C22H29N5O2/c1-15-6-4-7-18-19(15)17(14-27-18)8-12-26-22(23-3)25-11-5-10-24-21(28)20-16(2)9-13-29-20/h4,6-7,9,13-14,27H,5,8,10-12H2,1-3H3,(H,24,28)(H2,23,25,26). The quantitative estimate of drug-likeness (QED) is 0.268. The van der Waals surface area contributed by atoms with Crippen molar-refractivity contribution in [3.8, 4) is 0 Å². The molecule has 7 nitrogen and oxygen atoms in total. The number of carbonyl (C=O) groups excluding carboxylic acids is 1. The molecule has 7 heteroatoms. The number of carbonyl (C=O) groups is 1. The SMILES string of the molecule is CN=C(NCCCNC(=O)c1occc1C)NCCc1c[nH]c2cccc(C)c12. The van der Waals surface area contributed by atoms with Crippen LogP contribution in [-0.4, -0.2) is 43.5 Å². The second-order valence-electron chi connectivity index (χ2n) is 7.03. The summed E-state index contributed by atoms with van der Waals surface area (Å²) in [5.41, 5.74) is 4.61. The molecule has 0 aliphatic heterocycles. The van der Waals surface area contributed by atoms with Crippen molar-refractivity contribution in [2.75, 3.05) is 26.7 Å². The third-order valence-corrected chi connectivity index (χ3v) is 4.91. The third kappa shape index (κ3) is 5.19. The number of benzene rings is 1. The van der Waals surface area contributed by atoms with E-state index in [1.807, 2.05) is 6.92 Å². The van der Waals surface area contributed by atoms with Gasteiger partial charge in [-0.05, 0) is 49.9 Å². The van der Waals surface area contributed by atoms with E-state index in [4.69, 9.17) is 4.42 Å². The highest BCUT2D eigenvalue weighted by Gasteiger charge is 2.11. The Kier molecular flexibility index (Phi) is 6.94. The minimum absolute atomic E-state index is 0.177. The van der Waals surface area contributed by atoms with Gasteiger partial charge in [0.05, 0.1) is 6.26 Å². The van der Waals surface area contributed by atoms with E-state index in [1.54, 1.807) is 13.1 Å². The molecule has 0 aliphatic rings. The maximum Gasteiger partial charge on any atom is 0.287 e. The van der Waals surface area contributed by atoms with Crippen LogP contribution in [0.3, 0.4) is 0 Å². The van der Waals surface area contributed by atoms with Crippen LogP contribution in [-0.2, 0) is 6.42 Å². The number of hydrogen-bond acceptors (Lipinski definition) is 3. The zero-order valence-corrected chi connectivity index (χ0v) is 17.3. The number of H-pyrrole nitrogens is 1. The van der Waals surface area contributed by atoms with Crippen molar-refractivity contribution < 1.29 is 9.21 Å². The lowest BCUT2D eigenvalue weighted by atomic mass is 10.1. The molecule has 0 saturated carbocycles. The molecule has 1 amide bonds. The van der Waals surface area contributed by atoms with Gasteiger partial charge in [0.15, 0.2) is 11.7 Å². The van der Waals surface area contributed by atoms with Gasteiger partial charge in [-0.2, -0.15) is 0 Å². The number of guanidine groups is 1. The zero-order chi connectivity index (χ0) is 20.6. The molecular weight excluding hydrogens is 366 g/mol. The predicted octanol–water partition coefficient (Wildman–Crippen LogP) is 2.91. The molecule has 4 N–H and O–H groups in total. The van der Waals surface area contributed by atoms with Crippen LogP contribution in [0.2, 0.25) is 0 Å². The molecule has 1 aromatic carbocycles. The zero-order valence-electron chi connectivity index (χ0n) is 17.3. The summed E-state index contributed by atoms with van der Waals surface area (Å²) in [6.07, 6.45) is 5.30. The highest BCUT2D eigenvalue weighted by atomic mass is 16.3. The fraction of sp³-hybridized carbons (Fsp3) is 0.364. The first-order chi connectivity index (χ1) is 14.1. The largest absolute Gasteiger partial charge is 0.459 e. The van der Waals surface area contributed by atoms with Gasteiger partial charge in [0.25, 0.3) is 5.91 Å². The topological polar surface area (TPSA) is 94.4 Å². The fourth-order valence-corrected chi connectivity index (χ4v) is 3.37. The molecule has 0 aliphatic carbocycles. The van der Waals surface area contributed by atoms with E-state index >= 15 is 0 Å². The van der Waals surface area contributed by atoms with Crippen LogP contribution in [0.5, 0.6) is 0 Å². The smallest absolute Gasteiger partial charge is 0.287 e. The Balaban J connectivity index is 1.36. The number of hydrogen-bond donors (Lipinski definition) is 4. The Morgan fingerprint density at radius 3 is 2.62 bits per heavy atom. The fourth-order valence-electron chi connectivity index (χ4n) is 3.37. The Hall–Kier alpha value is -3.22. The number of nitrogens with one attached hydrogen (secondary N) is 4. The van der Waals surface area contributed by atoms with Gasteiger partial charge in [0.1, 0.15) is 0 Å². The van der Waals surface area contributed by atoms with E-state index in [9.17, 15) is 4.79 Å². The van der Waals surface area contributed by atoms with Crippen molar-refractivity contribution in [1.82, 2.24) is 20.9 Å². The van der Waals surface area contributed by atoms with Crippen LogP contribution in [0.1, 0.15) is 33.7 Å². The van der Waals surface area contributed by atoms with Crippen LogP contribution < -0.4 is 16.0 Å². The first-order valence-electron chi connectivity index (χ1n) is 9.92. The molecule has 3 rings (SSSR count). The van der Waals surface area contributed by atoms with Crippen molar-refractivity contribution >= 4 is 22.8 Å². The lowest BCUT2D eigenvalue weighted by molar-refractivity contribution is 0.0925. The van der Waals surface area contributed by atoms with E-state index in [2.05, 4.69) is 57.2 Å². The molecule has 0 bridgehead atoms. The van der Waals surface area contributed by atoms with Gasteiger partial charge in [-0.25, -0.2) is 0 Å². The lowest BCUT2D eigenvalue weighted by Crippen LogP contribution is -2.39. The van der Waals surface area contributed by atoms with E-state index in [0.717, 1.165) is 30.9 Å². The summed E-state index contributed by atoms with van der Waals surface area (Å²) in [6.45, 7) is 6.06. The van der Waals surface area contributed by atoms with Crippen LogP contribution in [0.15, 0.2) is 46.1 Å². The number of fused-ring (bicyclic) bond motifs is 1. The molecule has 2 aromatic heterocycles. The van der Waals surface area contributed by atoms with Crippen molar-refractivity contribution in [3.63, 3.8) is 0 Å². The summed E-state index contributed by atoms with van der Waals surface area (Å²) in [5.74, 6) is 0.960. The summed E-state index contributed by atoms with van der Waals surface area (Å²) in [6, 6.07) is 8.09. The average molecular weight is 396 g/mol. The van der Waals surface area contributed by atoms with Gasteiger partial charge in [0, 0.05) is 49.3 Å². The number of furan rings is 1. The highest BCUT2D eigenvalue weighted by molar-refractivity contribution is 5.92. The van der Waals surface area contributed by atoms with Crippen LogP contribution in [0.25, 0.3) is 10.9 Å². The molecule has 3 aromatic rings. The van der Waals surface area contributed by atoms with Crippen molar-refractivity contribution in [2.45, 2.75) is 26.7 Å². The number of aryl methyl sites for hydroxylation is 2. The molecule has 154 valence electrons. The lowest BCUT2D eigenvalue weighted by Gasteiger charge is -2.12. The Bertz CT molecular complexity index is 986. The second-order valence-corrected chi connectivity index (χ2v) is 7.03. The van der Waals surface area contributed by atoms with Gasteiger partial charge < -0.3 is 25.4 Å². The van der Waals surface area contributed by atoms with Gasteiger partial charge in [0.2, 0.25) is 0 Å². The first kappa shape index (κ1) is 20.5. The summed E-state index contributed by atoms with van der Waals surface area (Å²) >= 11 is 0. The van der Waals surface area contributed by atoms with Gasteiger partial charge in [-0.3, -0.25) is 9.79 Å². The molecule has 0 spiro atoms. The number of aromatic nitrogens is 1. The second kappa shape index (κ2) is 9.82. The Labute approximate surface area is 171 Å². The van der Waals surface area contributed by atoms with Crippen LogP contribution in [0, 0.1) is 13.8 Å². The molecule has 29 heavy (non-hydrogen) atoms. The number of amides is 1. The molecule has 0 atom stereocenters. The predicted molar refractivity (Wildman–Crippen MR) is 116 cm³/mol. The summed E-state index contributed by atoms with van der Waals surface area (Å²) in [5, 5.41) is 10.8. The molecule has 0 saturated heterocycles. The van der Waals surface area contributed by atoms with E-state index < -0.39 is 0 Å². The number of nitrogens with zero attached hydrogens (tertiary/aromatic N) is 1. The first-order valence-corrected chi connectivity index (χ1v) is 9.92. The Morgan fingerprint density at radius 2 is 1.86 bits per heavy atom.